The number of fused-ring (bicyclic) bond motifs is 12. The summed E-state index contributed by atoms with van der Waals surface area (Å²) in [6.07, 6.45) is 10.1. The highest BCUT2D eigenvalue weighted by Crippen LogP contribution is 2.43. The first-order valence-electron chi connectivity index (χ1n) is 36.2. The average Bonchev–Trinajstić information content (AvgIpc) is 1.63. The standard InChI is InChI=1S/C22H23ClN6OS.C19H20Cl2N4OS.C19H21ClN4O2S.C19H19ClN4O2S/c1-28-7-5-15-18(11-28)31-22-20(15)21(26-19(27-22)12-29-8-6-24-13-29)25-10-14-3-4-17(30-2)16(23)9-14;1-25-6-5-12-15(10-25)27-19-17(12)18(23-16(8-20)24-19)22-9-11-3-4-14(26-2)13(21)7-11;2*1-24-6-5-12-15(9-24)27-19-17(12)18(22-16(10-25)23-19)21-8-11-3-4-14(26-2)13(20)7-11/h3-4,6,8-9,13H,5,7,10-12H2,1-2H3,(H,25,26,27);3-4,7H,5-6,8-10H2,1-2H3,(H,22,23,24);3-4,7,25H,5-6,8-10H2,1-2H3,(H,21,22,23);3-4,7,10H,5-6,8-9H2,1-2H3,(H,21,22,23). The summed E-state index contributed by atoms with van der Waals surface area (Å²) in [7, 11) is 15.0. The van der Waals surface area contributed by atoms with Crippen molar-refractivity contribution in [2.24, 2.45) is 0 Å². The van der Waals surface area contributed by atoms with Gasteiger partial charge in [-0.2, -0.15) is 0 Å². The molecule has 33 heteroatoms. The molecule has 0 spiro atoms. The van der Waals surface area contributed by atoms with Gasteiger partial charge in [0.05, 0.1) is 88.8 Å². The van der Waals surface area contributed by atoms with Crippen LogP contribution >= 0.6 is 103 Å². The Bertz CT molecular complexity index is 5410. The van der Waals surface area contributed by atoms with E-state index < -0.39 is 0 Å². The molecule has 0 atom stereocenters. The lowest BCUT2D eigenvalue weighted by Gasteiger charge is -2.22. The maximum Gasteiger partial charge on any atom is 0.196 e. The summed E-state index contributed by atoms with van der Waals surface area (Å²) < 4.78 is 22.9. The van der Waals surface area contributed by atoms with Crippen molar-refractivity contribution in [2.45, 2.75) is 97.1 Å². The fraction of sp³-hybridized carbons (Fsp3) is 0.342. The van der Waals surface area contributed by atoms with Gasteiger partial charge in [0.1, 0.15) is 78.0 Å². The van der Waals surface area contributed by atoms with Gasteiger partial charge in [0, 0.05) is 110 Å². The van der Waals surface area contributed by atoms with Gasteiger partial charge in [-0.05, 0) is 147 Å². The van der Waals surface area contributed by atoms with Crippen LogP contribution in [0.1, 0.15) is 92.1 Å². The summed E-state index contributed by atoms with van der Waals surface area (Å²) in [5.74, 6) is 8.20. The Labute approximate surface area is 689 Å². The van der Waals surface area contributed by atoms with E-state index in [1.54, 1.807) is 86.3 Å². The van der Waals surface area contributed by atoms with Gasteiger partial charge in [-0.1, -0.05) is 70.7 Å². The molecule has 0 unspecified atom stereocenters. The number of hydrogen-bond acceptors (Lipinski definition) is 27. The lowest BCUT2D eigenvalue weighted by atomic mass is 10.1. The van der Waals surface area contributed by atoms with Crippen LogP contribution in [0.4, 0.5) is 23.3 Å². The number of nitrogens with zero attached hydrogens (tertiary/aromatic N) is 14. The first-order valence-corrected chi connectivity index (χ1v) is 41.5. The Kier molecular flexibility index (Phi) is 26.0. The van der Waals surface area contributed by atoms with Crippen LogP contribution in [-0.4, -0.2) is 163 Å². The van der Waals surface area contributed by atoms with Gasteiger partial charge in [-0.15, -0.1) is 56.9 Å². The van der Waals surface area contributed by atoms with Crippen LogP contribution in [0, 0.1) is 0 Å². The number of benzene rings is 4. The summed E-state index contributed by atoms with van der Waals surface area (Å²) in [6.45, 7) is 10.6. The summed E-state index contributed by atoms with van der Waals surface area (Å²) in [6, 6.07) is 23.0. The number of hydrogen-bond donors (Lipinski definition) is 5. The fourth-order valence-corrected chi connectivity index (χ4v) is 20.5. The molecule has 112 heavy (non-hydrogen) atoms. The molecule has 0 aliphatic carbocycles. The molecule has 0 radical (unpaired) electrons. The molecule has 0 saturated carbocycles. The quantitative estimate of drug-likeness (QED) is 0.0331. The smallest absolute Gasteiger partial charge is 0.196 e. The van der Waals surface area contributed by atoms with Crippen molar-refractivity contribution in [1.29, 1.82) is 0 Å². The first-order chi connectivity index (χ1) is 54.4. The largest absolute Gasteiger partial charge is 0.495 e. The molecular weight excluding hydrogens is 1600 g/mol. The fourth-order valence-electron chi connectivity index (χ4n) is 14.0. The number of carbonyl (C=O) groups is 1. The highest BCUT2D eigenvalue weighted by Gasteiger charge is 2.29. The molecular formula is C79H83Cl5N18O6S4. The topological polar surface area (TPSA) is 256 Å². The number of halogens is 5. The SMILES string of the molecule is COc1ccc(CNc2nc(C=O)nc3sc4c(c23)CCN(C)C4)cc1Cl.COc1ccc(CNc2nc(CCl)nc3sc4c(c23)CCN(C)C4)cc1Cl.COc1ccc(CNc2nc(CO)nc3sc4c(c23)CCN(C)C4)cc1Cl.COc1ccc(CNc2nc(Cn3ccnc3)nc3sc4c(c23)CCN(C)C4)cc1Cl. The molecule has 4 aliphatic rings. The number of aliphatic hydroxyl groups is 1. The summed E-state index contributed by atoms with van der Waals surface area (Å²) in [5, 5.41) is 30.1. The number of thiophene rings is 4. The molecule has 17 rings (SSSR count). The van der Waals surface area contributed by atoms with Crippen molar-refractivity contribution >= 4 is 174 Å². The Hall–Kier alpha value is -8.43. The second-order valence-corrected chi connectivity index (χ2v) is 33.7. The molecule has 584 valence electrons. The van der Waals surface area contributed by atoms with Gasteiger partial charge >= 0.3 is 0 Å². The van der Waals surface area contributed by atoms with Crippen LogP contribution in [0.5, 0.6) is 23.0 Å². The van der Waals surface area contributed by atoms with E-state index in [1.165, 1.54) is 41.8 Å². The number of rotatable bonds is 21. The summed E-state index contributed by atoms with van der Waals surface area (Å²) in [4.78, 5) is 71.0. The van der Waals surface area contributed by atoms with Gasteiger partial charge in [-0.25, -0.2) is 44.9 Å². The number of aldehydes is 1. The number of aliphatic hydroxyl groups excluding tert-OH is 1. The van der Waals surface area contributed by atoms with Crippen molar-refractivity contribution in [1.82, 2.24) is 69.0 Å². The predicted octanol–water partition coefficient (Wildman–Crippen LogP) is 16.1. The van der Waals surface area contributed by atoms with Crippen LogP contribution < -0.4 is 40.2 Å². The molecule has 9 aromatic heterocycles. The minimum Gasteiger partial charge on any atom is -0.495 e. The van der Waals surface area contributed by atoms with Crippen molar-refractivity contribution in [2.75, 3.05) is 104 Å². The van der Waals surface area contributed by atoms with Crippen molar-refractivity contribution in [3.8, 4) is 23.0 Å². The van der Waals surface area contributed by atoms with Crippen LogP contribution in [0.2, 0.25) is 20.1 Å². The van der Waals surface area contributed by atoms with Crippen molar-refractivity contribution < 1.29 is 28.8 Å². The molecule has 13 aromatic rings. The van der Waals surface area contributed by atoms with Gasteiger partial charge in [0.25, 0.3) is 0 Å². The number of carbonyl (C=O) groups excluding carboxylic acids is 1. The van der Waals surface area contributed by atoms with E-state index in [4.69, 9.17) is 86.9 Å². The van der Waals surface area contributed by atoms with Gasteiger partial charge in [-0.3, -0.25) is 4.79 Å². The van der Waals surface area contributed by atoms with E-state index in [0.29, 0.717) is 105 Å². The molecule has 24 nitrogen and oxygen atoms in total. The van der Waals surface area contributed by atoms with E-state index in [0.717, 1.165) is 164 Å². The molecule has 0 saturated heterocycles. The van der Waals surface area contributed by atoms with Gasteiger partial charge < -0.3 is 69.5 Å². The molecule has 0 bridgehead atoms. The molecule has 0 fully saturated rings. The van der Waals surface area contributed by atoms with Crippen molar-refractivity contribution in [3.63, 3.8) is 0 Å². The number of ether oxygens (including phenoxy) is 4. The maximum absolute atomic E-state index is 11.3. The van der Waals surface area contributed by atoms with Crippen LogP contribution in [0.15, 0.2) is 91.5 Å². The molecule has 4 aromatic carbocycles. The van der Waals surface area contributed by atoms with E-state index in [1.807, 2.05) is 83.6 Å². The molecule has 4 aliphatic heterocycles. The highest BCUT2D eigenvalue weighted by atomic mass is 35.5. The van der Waals surface area contributed by atoms with Crippen molar-refractivity contribution in [3.05, 3.63) is 199 Å². The number of alkyl halides is 1. The minimum absolute atomic E-state index is 0.179. The van der Waals surface area contributed by atoms with E-state index in [-0.39, 0.29) is 12.4 Å². The Balaban J connectivity index is 0.000000124. The average molecular weight is 1690 g/mol. The normalized spacial score (nSPS) is 14.2. The van der Waals surface area contributed by atoms with Crippen LogP contribution in [0.3, 0.4) is 0 Å². The highest BCUT2D eigenvalue weighted by molar-refractivity contribution is 7.20. The molecule has 0 amide bonds. The van der Waals surface area contributed by atoms with Gasteiger partial charge in [0.15, 0.2) is 23.8 Å². The van der Waals surface area contributed by atoms with Gasteiger partial charge in [0.2, 0.25) is 0 Å². The van der Waals surface area contributed by atoms with E-state index in [2.05, 4.69) is 104 Å². The zero-order valence-electron chi connectivity index (χ0n) is 62.9. The second-order valence-electron chi connectivity index (χ2n) is 27.5. The minimum atomic E-state index is -0.179. The molecule has 5 N–H and O–H groups in total. The first kappa shape index (κ1) is 80.2. The van der Waals surface area contributed by atoms with Crippen LogP contribution in [-0.2, 0) is 97.1 Å². The predicted molar refractivity (Wildman–Crippen MR) is 453 cm³/mol. The Morgan fingerprint density at radius 3 is 1.08 bits per heavy atom. The maximum atomic E-state index is 11.3. The monoisotopic (exact) mass is 1680 g/mol. The lowest BCUT2D eigenvalue weighted by molar-refractivity contribution is 0.111. The molecule has 13 heterocycles. The number of likely N-dealkylation sites (N-methyl/N-ethyl adjacent to an activating group) is 4. The third kappa shape index (κ3) is 18.4. The Morgan fingerprint density at radius 1 is 0.446 bits per heavy atom. The zero-order valence-corrected chi connectivity index (χ0v) is 70.0. The summed E-state index contributed by atoms with van der Waals surface area (Å²) >= 11 is 37.9. The third-order valence-corrected chi connectivity index (χ3v) is 25.5. The number of imidazole rings is 1. The second kappa shape index (κ2) is 36.4. The number of aromatic nitrogens is 10. The lowest BCUT2D eigenvalue weighted by Crippen LogP contribution is -2.25. The third-order valence-electron chi connectivity index (χ3n) is 19.7. The number of anilines is 4. The summed E-state index contributed by atoms with van der Waals surface area (Å²) in [5.41, 5.74) is 9.52. The van der Waals surface area contributed by atoms with E-state index >= 15 is 0 Å². The zero-order chi connectivity index (χ0) is 78.3. The number of methoxy groups -OCH3 is 4. The Morgan fingerprint density at radius 2 is 0.768 bits per heavy atom. The van der Waals surface area contributed by atoms with Crippen LogP contribution in [0.25, 0.3) is 40.9 Å². The van der Waals surface area contributed by atoms with E-state index in [9.17, 15) is 9.90 Å². The number of nitrogens with one attached hydrogen (secondary N) is 4.